The highest BCUT2D eigenvalue weighted by Gasteiger charge is 2.38. The second-order valence-electron chi connectivity index (χ2n) is 6.18. The number of para-hydroxylation sites is 1. The third kappa shape index (κ3) is 3.84. The molecule has 0 saturated carbocycles. The van der Waals surface area contributed by atoms with Gasteiger partial charge >= 0.3 is 0 Å². The van der Waals surface area contributed by atoms with Crippen LogP contribution < -0.4 is 4.90 Å². The molecule has 0 N–H and O–H groups in total. The Bertz CT molecular complexity index is 715. The molecule has 2 amide bonds. The van der Waals surface area contributed by atoms with Gasteiger partial charge in [-0.2, -0.15) is 0 Å². The van der Waals surface area contributed by atoms with Crippen molar-refractivity contribution < 1.29 is 9.59 Å². The molecule has 1 aliphatic heterocycles. The minimum absolute atomic E-state index is 0.0860. The van der Waals surface area contributed by atoms with Crippen LogP contribution in [0.1, 0.15) is 30.3 Å². The van der Waals surface area contributed by atoms with Gasteiger partial charge < -0.3 is 9.80 Å². The number of unbranched alkanes of at least 4 members (excludes halogenated alkanes) is 1. The number of anilines is 1. The molecule has 1 aromatic carbocycles. The molecule has 0 aliphatic carbocycles. The second kappa shape index (κ2) is 7.88. The summed E-state index contributed by atoms with van der Waals surface area (Å²) in [6.45, 7) is 3.68. The van der Waals surface area contributed by atoms with Crippen LogP contribution in [0, 0.1) is 5.92 Å². The highest BCUT2D eigenvalue weighted by molar-refractivity contribution is 5.98. The van der Waals surface area contributed by atoms with Gasteiger partial charge in [0.2, 0.25) is 5.91 Å². The molecule has 0 bridgehead atoms. The standard InChI is InChI=1S/C19H22N4O2/c1-2-3-11-23(16-7-5-4-6-8-16)18(24)15-13-22(14-15)19(25)17-12-20-9-10-21-17/h4-10,12,15H,2-3,11,13-14H2,1H3. The molecule has 1 aromatic heterocycles. The Kier molecular flexibility index (Phi) is 5.38. The normalized spacial score (nSPS) is 14.0. The second-order valence-corrected chi connectivity index (χ2v) is 6.18. The van der Waals surface area contributed by atoms with Gasteiger partial charge in [0, 0.05) is 37.7 Å². The van der Waals surface area contributed by atoms with Gasteiger partial charge in [0.15, 0.2) is 0 Å². The van der Waals surface area contributed by atoms with E-state index in [2.05, 4.69) is 16.9 Å². The summed E-state index contributed by atoms with van der Waals surface area (Å²) >= 11 is 0. The van der Waals surface area contributed by atoms with Crippen molar-refractivity contribution in [2.45, 2.75) is 19.8 Å². The van der Waals surface area contributed by atoms with E-state index in [1.165, 1.54) is 18.6 Å². The Morgan fingerprint density at radius 3 is 2.60 bits per heavy atom. The first-order valence-electron chi connectivity index (χ1n) is 8.62. The van der Waals surface area contributed by atoms with Gasteiger partial charge in [0.25, 0.3) is 5.91 Å². The molecule has 25 heavy (non-hydrogen) atoms. The molecule has 0 unspecified atom stereocenters. The first-order chi connectivity index (χ1) is 12.2. The van der Waals surface area contributed by atoms with E-state index in [0.717, 1.165) is 18.5 Å². The van der Waals surface area contributed by atoms with E-state index in [1.807, 2.05) is 35.2 Å². The molecule has 0 atom stereocenters. The fourth-order valence-electron chi connectivity index (χ4n) is 2.88. The van der Waals surface area contributed by atoms with Crippen molar-refractivity contribution in [2.24, 2.45) is 5.92 Å². The van der Waals surface area contributed by atoms with Crippen LogP contribution in [0.5, 0.6) is 0 Å². The number of carbonyl (C=O) groups excluding carboxylic acids is 2. The minimum Gasteiger partial charge on any atom is -0.336 e. The van der Waals surface area contributed by atoms with E-state index in [-0.39, 0.29) is 17.7 Å². The zero-order valence-electron chi connectivity index (χ0n) is 14.3. The van der Waals surface area contributed by atoms with Gasteiger partial charge in [0.05, 0.1) is 12.1 Å². The number of benzene rings is 1. The van der Waals surface area contributed by atoms with E-state index in [1.54, 1.807) is 4.90 Å². The Morgan fingerprint density at radius 2 is 1.96 bits per heavy atom. The average molecular weight is 338 g/mol. The number of rotatable bonds is 6. The molecule has 6 heteroatoms. The quantitative estimate of drug-likeness (QED) is 0.811. The van der Waals surface area contributed by atoms with Crippen LogP contribution in [0.15, 0.2) is 48.9 Å². The monoisotopic (exact) mass is 338 g/mol. The summed E-state index contributed by atoms with van der Waals surface area (Å²) in [6, 6.07) is 9.72. The summed E-state index contributed by atoms with van der Waals surface area (Å²) in [5, 5.41) is 0. The van der Waals surface area contributed by atoms with Gasteiger partial charge in [-0.25, -0.2) is 4.98 Å². The summed E-state index contributed by atoms with van der Waals surface area (Å²) in [6.07, 6.45) is 6.46. The van der Waals surface area contributed by atoms with Crippen LogP contribution in [0.4, 0.5) is 5.69 Å². The number of hydrogen-bond donors (Lipinski definition) is 0. The molecule has 1 aliphatic rings. The maximum Gasteiger partial charge on any atom is 0.274 e. The van der Waals surface area contributed by atoms with Crippen LogP contribution in [0.2, 0.25) is 0 Å². The first-order valence-corrected chi connectivity index (χ1v) is 8.62. The van der Waals surface area contributed by atoms with Crippen molar-refractivity contribution in [3.63, 3.8) is 0 Å². The lowest BCUT2D eigenvalue weighted by Gasteiger charge is -2.40. The zero-order valence-corrected chi connectivity index (χ0v) is 14.3. The number of carbonyl (C=O) groups is 2. The maximum absolute atomic E-state index is 12.9. The molecule has 1 fully saturated rings. The van der Waals surface area contributed by atoms with Gasteiger partial charge in [0.1, 0.15) is 5.69 Å². The predicted molar refractivity (Wildman–Crippen MR) is 95.1 cm³/mol. The largest absolute Gasteiger partial charge is 0.336 e. The van der Waals surface area contributed by atoms with E-state index in [4.69, 9.17) is 0 Å². The summed E-state index contributed by atoms with van der Waals surface area (Å²) in [7, 11) is 0. The Balaban J connectivity index is 1.63. The zero-order chi connectivity index (χ0) is 17.6. The van der Waals surface area contributed by atoms with Crippen LogP contribution in [-0.4, -0.2) is 46.3 Å². The summed E-state index contributed by atoms with van der Waals surface area (Å²) < 4.78 is 0. The van der Waals surface area contributed by atoms with Crippen LogP contribution in [-0.2, 0) is 4.79 Å². The molecule has 0 spiro atoms. The van der Waals surface area contributed by atoms with Crippen LogP contribution >= 0.6 is 0 Å². The molecule has 6 nitrogen and oxygen atoms in total. The molecule has 3 rings (SSSR count). The SMILES string of the molecule is CCCCN(C(=O)C1CN(C(=O)c2cnccn2)C1)c1ccccc1. The fraction of sp³-hybridized carbons (Fsp3) is 0.368. The van der Waals surface area contributed by atoms with Crippen LogP contribution in [0.3, 0.4) is 0 Å². The van der Waals surface area contributed by atoms with Gasteiger partial charge in [-0.15, -0.1) is 0 Å². The summed E-state index contributed by atoms with van der Waals surface area (Å²) in [5.74, 6) is -0.238. The van der Waals surface area contributed by atoms with Crippen molar-refractivity contribution in [1.29, 1.82) is 0 Å². The smallest absolute Gasteiger partial charge is 0.274 e. The van der Waals surface area contributed by atoms with Gasteiger partial charge in [-0.3, -0.25) is 14.6 Å². The van der Waals surface area contributed by atoms with Crippen molar-refractivity contribution in [1.82, 2.24) is 14.9 Å². The molecule has 2 heterocycles. The maximum atomic E-state index is 12.9. The molecule has 130 valence electrons. The third-order valence-electron chi connectivity index (χ3n) is 4.37. The highest BCUT2D eigenvalue weighted by Crippen LogP contribution is 2.24. The lowest BCUT2D eigenvalue weighted by Crippen LogP contribution is -2.56. The number of amides is 2. The first kappa shape index (κ1) is 17.1. The average Bonchev–Trinajstić information content (AvgIpc) is 2.62. The molecule has 1 saturated heterocycles. The minimum atomic E-state index is -0.169. The predicted octanol–water partition coefficient (Wildman–Crippen LogP) is 2.38. The number of likely N-dealkylation sites (tertiary alicyclic amines) is 1. The van der Waals surface area contributed by atoms with Crippen molar-refractivity contribution in [2.75, 3.05) is 24.5 Å². The van der Waals surface area contributed by atoms with Crippen molar-refractivity contribution >= 4 is 17.5 Å². The number of nitrogens with zero attached hydrogens (tertiary/aromatic N) is 4. The molecule has 2 aromatic rings. The third-order valence-corrected chi connectivity index (χ3v) is 4.37. The van der Waals surface area contributed by atoms with E-state index < -0.39 is 0 Å². The highest BCUT2D eigenvalue weighted by atomic mass is 16.2. The topological polar surface area (TPSA) is 66.4 Å². The molecular formula is C19H22N4O2. The Morgan fingerprint density at radius 1 is 1.20 bits per heavy atom. The van der Waals surface area contributed by atoms with Crippen molar-refractivity contribution in [3.8, 4) is 0 Å². The van der Waals surface area contributed by atoms with Gasteiger partial charge in [-0.05, 0) is 18.6 Å². The lowest BCUT2D eigenvalue weighted by molar-refractivity contribution is -0.126. The summed E-state index contributed by atoms with van der Waals surface area (Å²) in [5.41, 5.74) is 1.24. The van der Waals surface area contributed by atoms with Crippen LogP contribution in [0.25, 0.3) is 0 Å². The number of aromatic nitrogens is 2. The van der Waals surface area contributed by atoms with Gasteiger partial charge in [-0.1, -0.05) is 31.5 Å². The molecule has 0 radical (unpaired) electrons. The summed E-state index contributed by atoms with van der Waals surface area (Å²) in [4.78, 5) is 36.6. The molecular weight excluding hydrogens is 316 g/mol. The lowest BCUT2D eigenvalue weighted by atomic mass is 9.97. The number of hydrogen-bond acceptors (Lipinski definition) is 4. The van der Waals surface area contributed by atoms with E-state index in [9.17, 15) is 9.59 Å². The van der Waals surface area contributed by atoms with Crippen molar-refractivity contribution in [3.05, 3.63) is 54.6 Å². The Hall–Kier alpha value is -2.76. The fourth-order valence-corrected chi connectivity index (χ4v) is 2.88. The van der Waals surface area contributed by atoms with E-state index in [0.29, 0.717) is 25.3 Å². The van der Waals surface area contributed by atoms with E-state index >= 15 is 0 Å². The Labute approximate surface area is 147 Å².